The van der Waals surface area contributed by atoms with Crippen molar-refractivity contribution in [2.45, 2.75) is 0 Å². The lowest BCUT2D eigenvalue weighted by molar-refractivity contribution is 0.481. The van der Waals surface area contributed by atoms with Crippen molar-refractivity contribution >= 4 is 10.8 Å². The molecule has 0 amide bonds. The quantitative estimate of drug-likeness (QED) is 0.683. The maximum absolute atomic E-state index is 11.7. The summed E-state index contributed by atoms with van der Waals surface area (Å²) in [6.07, 6.45) is 4.97. The van der Waals surface area contributed by atoms with Gasteiger partial charge in [0.1, 0.15) is 5.75 Å². The van der Waals surface area contributed by atoms with Crippen LogP contribution in [0.2, 0.25) is 0 Å². The number of nitrogens with zero attached hydrogens (tertiary/aromatic N) is 1. The number of phenols is 1. The molecule has 0 fully saturated rings. The van der Waals surface area contributed by atoms with Crippen LogP contribution in [0.1, 0.15) is 0 Å². The van der Waals surface area contributed by atoms with Gasteiger partial charge in [0.05, 0.1) is 5.39 Å². The van der Waals surface area contributed by atoms with Gasteiger partial charge in [-0.1, -0.05) is 12.1 Å². The Bertz CT molecular complexity index is 764. The Labute approximate surface area is 103 Å². The van der Waals surface area contributed by atoms with Gasteiger partial charge >= 0.3 is 0 Å². The summed E-state index contributed by atoms with van der Waals surface area (Å²) in [5.41, 5.74) is 1.39. The van der Waals surface area contributed by atoms with Crippen LogP contribution >= 0.6 is 0 Å². The summed E-state index contributed by atoms with van der Waals surface area (Å²) in [7, 11) is 0. The fourth-order valence-corrected chi connectivity index (χ4v) is 2.05. The molecule has 4 heteroatoms. The van der Waals surface area contributed by atoms with Gasteiger partial charge in [0.15, 0.2) is 0 Å². The first-order valence-electron chi connectivity index (χ1n) is 5.51. The Morgan fingerprint density at radius 2 is 2.06 bits per heavy atom. The highest BCUT2D eigenvalue weighted by atomic mass is 16.3. The molecule has 0 unspecified atom stereocenters. The van der Waals surface area contributed by atoms with Crippen LogP contribution in [0.5, 0.6) is 5.75 Å². The normalized spacial score (nSPS) is 10.7. The molecule has 0 aliphatic heterocycles. The average Bonchev–Trinajstić information content (AvgIpc) is 2.41. The zero-order chi connectivity index (χ0) is 12.5. The lowest BCUT2D eigenvalue weighted by Crippen LogP contribution is -2.05. The molecule has 0 aliphatic rings. The van der Waals surface area contributed by atoms with Crippen LogP contribution in [0, 0.1) is 0 Å². The Kier molecular flexibility index (Phi) is 2.34. The van der Waals surface area contributed by atoms with Gasteiger partial charge in [-0.3, -0.25) is 9.78 Å². The van der Waals surface area contributed by atoms with Crippen LogP contribution in [-0.4, -0.2) is 15.1 Å². The van der Waals surface area contributed by atoms with Crippen molar-refractivity contribution in [1.29, 1.82) is 0 Å². The first-order chi connectivity index (χ1) is 8.77. The van der Waals surface area contributed by atoms with Crippen LogP contribution in [0.3, 0.4) is 0 Å². The van der Waals surface area contributed by atoms with E-state index in [2.05, 4.69) is 9.97 Å². The number of rotatable bonds is 1. The summed E-state index contributed by atoms with van der Waals surface area (Å²) in [5, 5.41) is 11.0. The van der Waals surface area contributed by atoms with Crippen molar-refractivity contribution in [3.8, 4) is 16.9 Å². The second-order valence-electron chi connectivity index (χ2n) is 3.97. The second-order valence-corrected chi connectivity index (χ2v) is 3.97. The van der Waals surface area contributed by atoms with Crippen molar-refractivity contribution in [2.24, 2.45) is 0 Å². The lowest BCUT2D eigenvalue weighted by atomic mass is 10.0. The van der Waals surface area contributed by atoms with Crippen LogP contribution in [0.25, 0.3) is 21.9 Å². The minimum atomic E-state index is -0.214. The first kappa shape index (κ1) is 10.5. The topological polar surface area (TPSA) is 66.0 Å². The van der Waals surface area contributed by atoms with E-state index in [1.807, 2.05) is 12.1 Å². The van der Waals surface area contributed by atoms with E-state index in [1.165, 1.54) is 0 Å². The number of aromatic amines is 1. The molecular weight excluding hydrogens is 228 g/mol. The number of aromatic hydroxyl groups is 1. The van der Waals surface area contributed by atoms with Crippen molar-refractivity contribution < 1.29 is 5.11 Å². The molecule has 0 saturated carbocycles. The number of fused-ring (bicyclic) bond motifs is 1. The Morgan fingerprint density at radius 1 is 1.17 bits per heavy atom. The monoisotopic (exact) mass is 238 g/mol. The zero-order valence-electron chi connectivity index (χ0n) is 9.42. The highest BCUT2D eigenvalue weighted by Crippen LogP contribution is 2.31. The minimum Gasteiger partial charge on any atom is -0.507 e. The summed E-state index contributed by atoms with van der Waals surface area (Å²) in [5.74, 6) is 0.0949. The molecule has 0 radical (unpaired) electrons. The van der Waals surface area contributed by atoms with E-state index < -0.39 is 0 Å². The average molecular weight is 238 g/mol. The van der Waals surface area contributed by atoms with Crippen molar-refractivity contribution in [3.63, 3.8) is 0 Å². The molecule has 18 heavy (non-hydrogen) atoms. The van der Waals surface area contributed by atoms with E-state index in [4.69, 9.17) is 0 Å². The second kappa shape index (κ2) is 4.00. The Morgan fingerprint density at radius 3 is 2.83 bits per heavy atom. The Hall–Kier alpha value is -2.62. The molecule has 4 nitrogen and oxygen atoms in total. The molecule has 2 N–H and O–H groups in total. The molecule has 2 heterocycles. The van der Waals surface area contributed by atoms with Crippen molar-refractivity contribution in [1.82, 2.24) is 9.97 Å². The molecule has 0 aliphatic carbocycles. The van der Waals surface area contributed by atoms with Gasteiger partial charge in [-0.15, -0.1) is 0 Å². The van der Waals surface area contributed by atoms with Gasteiger partial charge in [0.25, 0.3) is 5.56 Å². The van der Waals surface area contributed by atoms with Gasteiger partial charge in [-0.25, -0.2) is 0 Å². The maximum Gasteiger partial charge on any atom is 0.255 e. The van der Waals surface area contributed by atoms with E-state index in [0.29, 0.717) is 10.8 Å². The van der Waals surface area contributed by atoms with E-state index in [-0.39, 0.29) is 11.3 Å². The number of hydrogen-bond acceptors (Lipinski definition) is 3. The third kappa shape index (κ3) is 1.55. The molecule has 3 rings (SSSR count). The fraction of sp³-hybridized carbons (Fsp3) is 0. The first-order valence-corrected chi connectivity index (χ1v) is 5.51. The van der Waals surface area contributed by atoms with E-state index in [9.17, 15) is 9.90 Å². The summed E-state index contributed by atoms with van der Waals surface area (Å²) < 4.78 is 0. The zero-order valence-corrected chi connectivity index (χ0v) is 9.42. The van der Waals surface area contributed by atoms with Gasteiger partial charge in [0.2, 0.25) is 0 Å². The number of pyridine rings is 2. The van der Waals surface area contributed by atoms with Gasteiger partial charge in [-0.05, 0) is 18.2 Å². The SMILES string of the molecule is O=c1[nH]cc(-c2cccnc2)c2c(O)cccc12. The van der Waals surface area contributed by atoms with Crippen molar-refractivity contribution in [3.05, 3.63) is 59.3 Å². The smallest absolute Gasteiger partial charge is 0.255 e. The van der Waals surface area contributed by atoms with E-state index in [1.54, 1.807) is 36.8 Å². The largest absolute Gasteiger partial charge is 0.507 e. The van der Waals surface area contributed by atoms with Crippen LogP contribution in [0.4, 0.5) is 0 Å². The molecule has 0 spiro atoms. The molecule has 0 atom stereocenters. The van der Waals surface area contributed by atoms with Crippen LogP contribution in [-0.2, 0) is 0 Å². The number of hydrogen-bond donors (Lipinski definition) is 2. The summed E-state index contributed by atoms with van der Waals surface area (Å²) in [6.45, 7) is 0. The predicted molar refractivity (Wildman–Crippen MR) is 69.5 cm³/mol. The number of H-pyrrole nitrogens is 1. The number of aromatic nitrogens is 2. The minimum absolute atomic E-state index is 0.0949. The summed E-state index contributed by atoms with van der Waals surface area (Å²) in [6, 6.07) is 8.61. The third-order valence-corrected chi connectivity index (χ3v) is 2.88. The number of phenolic OH excluding ortho intramolecular Hbond substituents is 1. The fourth-order valence-electron chi connectivity index (χ4n) is 2.05. The van der Waals surface area contributed by atoms with Gasteiger partial charge in [-0.2, -0.15) is 0 Å². The van der Waals surface area contributed by atoms with E-state index >= 15 is 0 Å². The molecule has 2 aromatic heterocycles. The van der Waals surface area contributed by atoms with Gasteiger partial charge in [0, 0.05) is 35.1 Å². The summed E-state index contributed by atoms with van der Waals surface area (Å²) in [4.78, 5) is 18.5. The molecule has 1 aromatic carbocycles. The van der Waals surface area contributed by atoms with Gasteiger partial charge < -0.3 is 10.1 Å². The van der Waals surface area contributed by atoms with Crippen LogP contribution < -0.4 is 5.56 Å². The lowest BCUT2D eigenvalue weighted by Gasteiger charge is -2.07. The molecule has 0 bridgehead atoms. The number of nitrogens with one attached hydrogen (secondary N) is 1. The Balaban J connectivity index is 2.45. The standard InChI is InChI=1S/C14H10N2O2/c17-12-5-1-4-10-13(12)11(8-16-14(10)18)9-3-2-6-15-7-9/h1-8,17H,(H,16,18). The summed E-state index contributed by atoms with van der Waals surface area (Å²) >= 11 is 0. The highest BCUT2D eigenvalue weighted by molar-refractivity contribution is 5.99. The predicted octanol–water partition coefficient (Wildman–Crippen LogP) is 2.30. The molecule has 0 saturated heterocycles. The molecule has 88 valence electrons. The van der Waals surface area contributed by atoms with Crippen molar-refractivity contribution in [2.75, 3.05) is 0 Å². The number of benzene rings is 1. The highest BCUT2D eigenvalue weighted by Gasteiger charge is 2.10. The molecule has 3 aromatic rings. The third-order valence-electron chi connectivity index (χ3n) is 2.88. The molecular formula is C14H10N2O2. The van der Waals surface area contributed by atoms with Crippen LogP contribution in [0.15, 0.2) is 53.7 Å². The van der Waals surface area contributed by atoms with E-state index in [0.717, 1.165) is 11.1 Å². The maximum atomic E-state index is 11.7.